The van der Waals surface area contributed by atoms with Gasteiger partial charge in [0, 0.05) is 31.7 Å². The van der Waals surface area contributed by atoms with E-state index in [4.69, 9.17) is 14.2 Å². The quantitative estimate of drug-likeness (QED) is 0.736. The van der Waals surface area contributed by atoms with E-state index in [9.17, 15) is 4.79 Å². The van der Waals surface area contributed by atoms with Gasteiger partial charge in [-0.2, -0.15) is 0 Å². The van der Waals surface area contributed by atoms with Gasteiger partial charge in [0.15, 0.2) is 11.5 Å². The summed E-state index contributed by atoms with van der Waals surface area (Å²) in [7, 11) is 3.28. The van der Waals surface area contributed by atoms with Crippen LogP contribution >= 0.6 is 11.8 Å². The van der Waals surface area contributed by atoms with Gasteiger partial charge in [-0.3, -0.25) is 9.69 Å². The van der Waals surface area contributed by atoms with Gasteiger partial charge in [0.2, 0.25) is 5.91 Å². The van der Waals surface area contributed by atoms with Crippen LogP contribution in [0.1, 0.15) is 17.4 Å². The molecule has 0 radical (unpaired) electrons. The molecule has 0 saturated carbocycles. The zero-order valence-electron chi connectivity index (χ0n) is 14.9. The van der Waals surface area contributed by atoms with Crippen molar-refractivity contribution in [3.05, 3.63) is 23.8 Å². The maximum atomic E-state index is 12.4. The molecule has 1 amide bonds. The van der Waals surface area contributed by atoms with E-state index in [1.54, 1.807) is 26.0 Å². The predicted octanol–water partition coefficient (Wildman–Crippen LogP) is 2.00. The minimum atomic E-state index is -0.0118. The molecule has 0 N–H and O–H groups in total. The van der Waals surface area contributed by atoms with E-state index in [1.807, 2.05) is 23.1 Å². The molecular weight excluding hydrogens is 340 g/mol. The number of rotatable bonds is 7. The Kier molecular flexibility index (Phi) is 6.45. The molecule has 0 spiro atoms. The number of para-hydroxylation sites is 1. The summed E-state index contributed by atoms with van der Waals surface area (Å²) in [5.74, 6) is 2.13. The van der Waals surface area contributed by atoms with Crippen molar-refractivity contribution in [2.75, 3.05) is 59.4 Å². The number of ether oxygens (including phenoxy) is 3. The molecule has 2 heterocycles. The summed E-state index contributed by atoms with van der Waals surface area (Å²) >= 11 is 1.65. The highest BCUT2D eigenvalue weighted by Gasteiger charge is 2.35. The van der Waals surface area contributed by atoms with Gasteiger partial charge in [0.05, 0.1) is 33.2 Å². The first kappa shape index (κ1) is 18.4. The fourth-order valence-corrected chi connectivity index (χ4v) is 4.58. The van der Waals surface area contributed by atoms with Gasteiger partial charge in [-0.05, 0) is 12.5 Å². The molecule has 1 unspecified atom stereocenters. The molecule has 138 valence electrons. The second-order valence-electron chi connectivity index (χ2n) is 6.14. The fraction of sp³-hybridized carbons (Fsp3) is 0.611. The van der Waals surface area contributed by atoms with E-state index < -0.39 is 0 Å². The largest absolute Gasteiger partial charge is 0.493 e. The molecule has 2 aliphatic heterocycles. The van der Waals surface area contributed by atoms with E-state index in [0.29, 0.717) is 11.5 Å². The van der Waals surface area contributed by atoms with E-state index in [-0.39, 0.29) is 11.3 Å². The van der Waals surface area contributed by atoms with Crippen LogP contribution in [0.3, 0.4) is 0 Å². The Hall–Kier alpha value is -1.44. The number of methoxy groups -OCH3 is 2. The van der Waals surface area contributed by atoms with Crippen LogP contribution < -0.4 is 9.47 Å². The lowest BCUT2D eigenvalue weighted by Crippen LogP contribution is -2.38. The molecule has 0 aromatic heterocycles. The first-order chi connectivity index (χ1) is 12.2. The monoisotopic (exact) mass is 366 g/mol. The van der Waals surface area contributed by atoms with Crippen molar-refractivity contribution < 1.29 is 19.0 Å². The normalized spacial score (nSPS) is 21.6. The van der Waals surface area contributed by atoms with Gasteiger partial charge in [0.25, 0.3) is 0 Å². The van der Waals surface area contributed by atoms with Crippen molar-refractivity contribution in [3.63, 3.8) is 0 Å². The minimum absolute atomic E-state index is 0.0118. The second-order valence-corrected chi connectivity index (χ2v) is 7.21. The lowest BCUT2D eigenvalue weighted by molar-refractivity contribution is -0.128. The van der Waals surface area contributed by atoms with Gasteiger partial charge < -0.3 is 19.1 Å². The smallest absolute Gasteiger partial charge is 0.233 e. The maximum Gasteiger partial charge on any atom is 0.233 e. The van der Waals surface area contributed by atoms with Crippen molar-refractivity contribution in [2.45, 2.75) is 11.8 Å². The summed E-state index contributed by atoms with van der Waals surface area (Å²) in [6.07, 6.45) is 0.967. The van der Waals surface area contributed by atoms with Crippen LogP contribution in [0.4, 0.5) is 0 Å². The van der Waals surface area contributed by atoms with Crippen LogP contribution in [0.15, 0.2) is 18.2 Å². The summed E-state index contributed by atoms with van der Waals surface area (Å²) in [5, 5.41) is -0.0118. The molecule has 3 rings (SSSR count). The van der Waals surface area contributed by atoms with Crippen molar-refractivity contribution in [3.8, 4) is 11.5 Å². The van der Waals surface area contributed by atoms with E-state index in [2.05, 4.69) is 4.90 Å². The zero-order valence-corrected chi connectivity index (χ0v) is 15.7. The van der Waals surface area contributed by atoms with Gasteiger partial charge in [-0.15, -0.1) is 11.8 Å². The summed E-state index contributed by atoms with van der Waals surface area (Å²) in [6, 6.07) is 5.85. The first-order valence-electron chi connectivity index (χ1n) is 8.66. The minimum Gasteiger partial charge on any atom is -0.493 e. The molecular formula is C18H26N2O4S. The van der Waals surface area contributed by atoms with E-state index in [1.165, 1.54) is 0 Å². The van der Waals surface area contributed by atoms with E-state index >= 15 is 0 Å². The zero-order chi connectivity index (χ0) is 17.6. The van der Waals surface area contributed by atoms with Crippen LogP contribution in [0.2, 0.25) is 0 Å². The van der Waals surface area contributed by atoms with Crippen LogP contribution in [0, 0.1) is 0 Å². The molecule has 1 aromatic carbocycles. The molecule has 0 aliphatic carbocycles. The summed E-state index contributed by atoms with van der Waals surface area (Å²) in [5.41, 5.74) is 1.00. The lowest BCUT2D eigenvalue weighted by Gasteiger charge is -2.29. The summed E-state index contributed by atoms with van der Waals surface area (Å²) in [6.45, 7) is 5.34. The van der Waals surface area contributed by atoms with Gasteiger partial charge in [-0.1, -0.05) is 12.1 Å². The highest BCUT2D eigenvalue weighted by Crippen LogP contribution is 2.45. The molecule has 7 heteroatoms. The topological polar surface area (TPSA) is 51.2 Å². The number of thioether (sulfide) groups is 1. The first-order valence-corrected chi connectivity index (χ1v) is 9.71. The molecule has 2 aliphatic rings. The number of hydrogen-bond donors (Lipinski definition) is 0. The standard InChI is InChI=1S/C18H26N2O4S/c1-22-15-6-3-5-14(17(15)23-2)18-20(16(21)13-25-18)8-4-7-19-9-11-24-12-10-19/h3,5-6,18H,4,7-13H2,1-2H3. The van der Waals surface area contributed by atoms with Crippen LogP contribution in [0.5, 0.6) is 11.5 Å². The number of benzene rings is 1. The summed E-state index contributed by atoms with van der Waals surface area (Å²) in [4.78, 5) is 16.8. The average molecular weight is 366 g/mol. The molecule has 6 nitrogen and oxygen atoms in total. The Morgan fingerprint density at radius 2 is 2.00 bits per heavy atom. The molecule has 0 bridgehead atoms. The Bertz CT molecular complexity index is 592. The SMILES string of the molecule is COc1cccc(C2SCC(=O)N2CCCN2CCOCC2)c1OC. The second kappa shape index (κ2) is 8.78. The van der Waals surface area contributed by atoms with Crippen molar-refractivity contribution >= 4 is 17.7 Å². The third-order valence-corrected chi connectivity index (χ3v) is 5.88. The van der Waals surface area contributed by atoms with Gasteiger partial charge in [0.1, 0.15) is 5.37 Å². The average Bonchev–Trinajstić information content (AvgIpc) is 3.02. The van der Waals surface area contributed by atoms with Gasteiger partial charge >= 0.3 is 0 Å². The number of nitrogens with zero attached hydrogens (tertiary/aromatic N) is 2. The van der Waals surface area contributed by atoms with Crippen LogP contribution in [-0.2, 0) is 9.53 Å². The van der Waals surface area contributed by atoms with E-state index in [0.717, 1.165) is 57.1 Å². The maximum absolute atomic E-state index is 12.4. The molecule has 1 atom stereocenters. The Morgan fingerprint density at radius 1 is 1.20 bits per heavy atom. The predicted molar refractivity (Wildman–Crippen MR) is 98.3 cm³/mol. The Labute approximate surface area is 153 Å². The third kappa shape index (κ3) is 4.22. The fourth-order valence-electron chi connectivity index (χ4n) is 3.35. The number of carbonyl (C=O) groups excluding carboxylic acids is 1. The Balaban J connectivity index is 1.67. The van der Waals surface area contributed by atoms with Crippen molar-refractivity contribution in [1.29, 1.82) is 0 Å². The Morgan fingerprint density at radius 3 is 2.72 bits per heavy atom. The molecule has 1 aromatic rings. The molecule has 25 heavy (non-hydrogen) atoms. The number of carbonyl (C=O) groups is 1. The lowest BCUT2D eigenvalue weighted by atomic mass is 10.1. The van der Waals surface area contributed by atoms with Crippen LogP contribution in [0.25, 0.3) is 0 Å². The van der Waals surface area contributed by atoms with Crippen molar-refractivity contribution in [2.24, 2.45) is 0 Å². The number of morpholine rings is 1. The highest BCUT2D eigenvalue weighted by atomic mass is 32.2. The number of hydrogen-bond acceptors (Lipinski definition) is 6. The number of amides is 1. The highest BCUT2D eigenvalue weighted by molar-refractivity contribution is 8.00. The summed E-state index contributed by atoms with van der Waals surface area (Å²) < 4.78 is 16.4. The molecule has 2 fully saturated rings. The molecule has 2 saturated heterocycles. The third-order valence-electron chi connectivity index (χ3n) is 4.64. The van der Waals surface area contributed by atoms with Crippen LogP contribution in [-0.4, -0.2) is 75.1 Å². The van der Waals surface area contributed by atoms with Gasteiger partial charge in [-0.25, -0.2) is 0 Å². The van der Waals surface area contributed by atoms with Crippen molar-refractivity contribution in [1.82, 2.24) is 9.80 Å².